The summed E-state index contributed by atoms with van der Waals surface area (Å²) in [7, 11) is 0. The average Bonchev–Trinajstić information content (AvgIpc) is 2.46. The molecule has 0 atom stereocenters. The van der Waals surface area contributed by atoms with Gasteiger partial charge in [0.25, 0.3) is 0 Å². The number of esters is 1. The molecule has 6 nitrogen and oxygen atoms in total. The largest absolute Gasteiger partial charge is 0.462 e. The number of hydrogen-bond acceptors (Lipinski definition) is 5. The number of nitrogens with two attached hydrogens (primary N) is 1. The van der Waals surface area contributed by atoms with E-state index < -0.39 is 5.97 Å². The summed E-state index contributed by atoms with van der Waals surface area (Å²) in [5, 5.41) is 2.75. The van der Waals surface area contributed by atoms with Crippen molar-refractivity contribution < 1.29 is 14.3 Å². The Morgan fingerprint density at radius 2 is 2.00 bits per heavy atom. The lowest BCUT2D eigenvalue weighted by Crippen LogP contribution is -2.37. The van der Waals surface area contributed by atoms with E-state index in [4.69, 9.17) is 10.5 Å². The molecule has 0 radical (unpaired) electrons. The van der Waals surface area contributed by atoms with Gasteiger partial charge in [0.05, 0.1) is 18.7 Å². The summed E-state index contributed by atoms with van der Waals surface area (Å²) in [6.45, 7) is 7.31. The molecule has 3 N–H and O–H groups in total. The van der Waals surface area contributed by atoms with E-state index in [0.717, 1.165) is 5.69 Å². The van der Waals surface area contributed by atoms with E-state index in [1.54, 1.807) is 25.1 Å². The lowest BCUT2D eigenvalue weighted by molar-refractivity contribution is -0.119. The highest BCUT2D eigenvalue weighted by Crippen LogP contribution is 2.22. The second-order valence-electron chi connectivity index (χ2n) is 4.46. The van der Waals surface area contributed by atoms with Crippen LogP contribution in [0.15, 0.2) is 18.2 Å². The van der Waals surface area contributed by atoms with Gasteiger partial charge >= 0.3 is 5.97 Å². The number of carbonyl (C=O) groups excluding carboxylic acids is 2. The topological polar surface area (TPSA) is 84.7 Å². The third-order valence-corrected chi connectivity index (χ3v) is 2.99. The Kier molecular flexibility index (Phi) is 6.52. The van der Waals surface area contributed by atoms with Crippen molar-refractivity contribution in [1.82, 2.24) is 5.32 Å². The van der Waals surface area contributed by atoms with Gasteiger partial charge in [-0.2, -0.15) is 0 Å². The molecule has 116 valence electrons. The number of nitrogens with zero attached hydrogens (tertiary/aromatic N) is 1. The first-order valence-corrected chi connectivity index (χ1v) is 7.11. The van der Waals surface area contributed by atoms with Crippen molar-refractivity contribution in [3.8, 4) is 0 Å². The molecule has 0 fully saturated rings. The predicted octanol–water partition coefficient (Wildman–Crippen LogP) is 1.41. The van der Waals surface area contributed by atoms with Crippen LogP contribution in [0.2, 0.25) is 0 Å². The van der Waals surface area contributed by atoms with Gasteiger partial charge in [-0.05, 0) is 39.0 Å². The van der Waals surface area contributed by atoms with Crippen LogP contribution in [0, 0.1) is 0 Å². The van der Waals surface area contributed by atoms with Gasteiger partial charge in [0.1, 0.15) is 0 Å². The zero-order chi connectivity index (χ0) is 15.8. The van der Waals surface area contributed by atoms with Crippen LogP contribution in [0.25, 0.3) is 0 Å². The highest BCUT2D eigenvalue weighted by atomic mass is 16.5. The Labute approximate surface area is 125 Å². The maximum absolute atomic E-state index is 11.9. The van der Waals surface area contributed by atoms with Crippen LogP contribution in [0.3, 0.4) is 0 Å². The number of benzene rings is 1. The highest BCUT2D eigenvalue weighted by Gasteiger charge is 2.15. The maximum atomic E-state index is 11.9. The maximum Gasteiger partial charge on any atom is 0.340 e. The number of likely N-dealkylation sites (N-methyl/N-ethyl adjacent to an activating group) is 2. The summed E-state index contributed by atoms with van der Waals surface area (Å²) >= 11 is 0. The van der Waals surface area contributed by atoms with Crippen LogP contribution in [0.1, 0.15) is 31.1 Å². The Hall–Kier alpha value is -2.24. The van der Waals surface area contributed by atoms with E-state index in [-0.39, 0.29) is 12.5 Å². The summed E-state index contributed by atoms with van der Waals surface area (Å²) < 4.78 is 4.98. The molecular weight excluding hydrogens is 270 g/mol. The Morgan fingerprint density at radius 3 is 2.57 bits per heavy atom. The Bertz CT molecular complexity index is 503. The van der Waals surface area contributed by atoms with Gasteiger partial charge in [0.15, 0.2) is 0 Å². The zero-order valence-corrected chi connectivity index (χ0v) is 12.8. The molecule has 1 aromatic carbocycles. The fourth-order valence-electron chi connectivity index (χ4n) is 1.94. The van der Waals surface area contributed by atoms with Crippen LogP contribution < -0.4 is 16.0 Å². The van der Waals surface area contributed by atoms with E-state index in [2.05, 4.69) is 5.32 Å². The van der Waals surface area contributed by atoms with Gasteiger partial charge in [-0.15, -0.1) is 0 Å². The zero-order valence-electron chi connectivity index (χ0n) is 12.8. The molecule has 0 saturated carbocycles. The molecule has 0 spiro atoms. The first-order chi connectivity index (χ1) is 10.0. The third-order valence-electron chi connectivity index (χ3n) is 2.99. The molecule has 0 heterocycles. The number of anilines is 2. The molecule has 0 aromatic heterocycles. The third kappa shape index (κ3) is 4.66. The molecule has 0 aliphatic rings. The number of ether oxygens (including phenoxy) is 1. The van der Waals surface area contributed by atoms with E-state index in [0.29, 0.717) is 30.9 Å². The number of amides is 1. The van der Waals surface area contributed by atoms with Crippen molar-refractivity contribution in [1.29, 1.82) is 0 Å². The first-order valence-electron chi connectivity index (χ1n) is 7.11. The van der Waals surface area contributed by atoms with Crippen molar-refractivity contribution in [3.05, 3.63) is 23.8 Å². The van der Waals surface area contributed by atoms with Crippen LogP contribution in [-0.2, 0) is 9.53 Å². The fourth-order valence-corrected chi connectivity index (χ4v) is 1.94. The van der Waals surface area contributed by atoms with Crippen molar-refractivity contribution >= 4 is 23.3 Å². The fraction of sp³-hybridized carbons (Fsp3) is 0.467. The van der Waals surface area contributed by atoms with Gasteiger partial charge in [0, 0.05) is 24.5 Å². The highest BCUT2D eigenvalue weighted by molar-refractivity contribution is 5.96. The van der Waals surface area contributed by atoms with Gasteiger partial charge < -0.3 is 20.7 Å². The minimum Gasteiger partial charge on any atom is -0.462 e. The molecule has 0 saturated heterocycles. The summed E-state index contributed by atoms with van der Waals surface area (Å²) in [5.41, 5.74) is 7.27. The molecule has 1 aromatic rings. The van der Waals surface area contributed by atoms with Crippen molar-refractivity contribution in [2.45, 2.75) is 20.8 Å². The molecule has 6 heteroatoms. The van der Waals surface area contributed by atoms with Crippen molar-refractivity contribution in [2.75, 3.05) is 36.9 Å². The van der Waals surface area contributed by atoms with E-state index >= 15 is 0 Å². The SMILES string of the molecule is CCNC(=O)CN(CC)c1ccc(N)c(C(=O)OCC)c1. The number of rotatable bonds is 7. The molecule has 0 unspecified atom stereocenters. The second kappa shape index (κ2) is 8.14. The molecule has 21 heavy (non-hydrogen) atoms. The Morgan fingerprint density at radius 1 is 1.29 bits per heavy atom. The molecule has 1 amide bonds. The summed E-state index contributed by atoms with van der Waals surface area (Å²) in [6, 6.07) is 5.11. The first kappa shape index (κ1) is 16.8. The van der Waals surface area contributed by atoms with Crippen LogP contribution >= 0.6 is 0 Å². The number of carbonyl (C=O) groups is 2. The van der Waals surface area contributed by atoms with Gasteiger partial charge in [-0.25, -0.2) is 4.79 Å². The number of hydrogen-bond donors (Lipinski definition) is 2. The quantitative estimate of drug-likeness (QED) is 0.586. The van der Waals surface area contributed by atoms with Gasteiger partial charge in [0.2, 0.25) is 5.91 Å². The normalized spacial score (nSPS) is 10.0. The van der Waals surface area contributed by atoms with E-state index in [1.165, 1.54) is 0 Å². The molecular formula is C15H23N3O3. The van der Waals surface area contributed by atoms with Crippen molar-refractivity contribution in [2.24, 2.45) is 0 Å². The summed E-state index contributed by atoms with van der Waals surface area (Å²) in [6.07, 6.45) is 0. The van der Waals surface area contributed by atoms with E-state index in [9.17, 15) is 9.59 Å². The molecule has 0 aliphatic heterocycles. The molecule has 1 rings (SSSR count). The summed E-state index contributed by atoms with van der Waals surface area (Å²) in [5.74, 6) is -0.514. The predicted molar refractivity (Wildman–Crippen MR) is 83.4 cm³/mol. The summed E-state index contributed by atoms with van der Waals surface area (Å²) in [4.78, 5) is 25.4. The standard InChI is InChI=1S/C15H23N3O3/c1-4-17-14(19)10-18(5-2)11-7-8-13(16)12(9-11)15(20)21-6-3/h7-9H,4-6,10,16H2,1-3H3,(H,17,19). The van der Waals surface area contributed by atoms with Crippen LogP contribution in [-0.4, -0.2) is 38.1 Å². The van der Waals surface area contributed by atoms with E-state index in [1.807, 2.05) is 18.7 Å². The van der Waals surface area contributed by atoms with Crippen LogP contribution in [0.5, 0.6) is 0 Å². The second-order valence-corrected chi connectivity index (χ2v) is 4.46. The van der Waals surface area contributed by atoms with Crippen LogP contribution in [0.4, 0.5) is 11.4 Å². The van der Waals surface area contributed by atoms with Crippen molar-refractivity contribution in [3.63, 3.8) is 0 Å². The molecule has 0 aliphatic carbocycles. The lowest BCUT2D eigenvalue weighted by Gasteiger charge is -2.23. The Balaban J connectivity index is 2.97. The monoisotopic (exact) mass is 293 g/mol. The minimum atomic E-state index is -0.453. The minimum absolute atomic E-state index is 0.0612. The van der Waals surface area contributed by atoms with Gasteiger partial charge in [-0.3, -0.25) is 4.79 Å². The smallest absolute Gasteiger partial charge is 0.340 e. The van der Waals surface area contributed by atoms with Gasteiger partial charge in [-0.1, -0.05) is 0 Å². The lowest BCUT2D eigenvalue weighted by atomic mass is 10.1. The molecule has 0 bridgehead atoms. The average molecular weight is 293 g/mol. The number of nitrogens with one attached hydrogen (secondary N) is 1. The number of nitrogen functional groups attached to an aromatic ring is 1.